The predicted octanol–water partition coefficient (Wildman–Crippen LogP) is 3.80. The van der Waals surface area contributed by atoms with E-state index in [0.29, 0.717) is 21.8 Å². The topological polar surface area (TPSA) is 83.9 Å². The molecular formula is C19H12INO5S2. The van der Waals surface area contributed by atoms with Crippen LogP contribution in [0.2, 0.25) is 0 Å². The zero-order valence-electron chi connectivity index (χ0n) is 14.1. The molecule has 0 atom stereocenters. The first-order valence-electron chi connectivity index (χ1n) is 7.89. The lowest BCUT2D eigenvalue weighted by atomic mass is 10.2. The molecule has 1 heterocycles. The average molecular weight is 525 g/mol. The number of ether oxygens (including phenoxy) is 1. The average Bonchev–Trinajstić information content (AvgIpc) is 2.89. The van der Waals surface area contributed by atoms with E-state index in [-0.39, 0.29) is 4.32 Å². The van der Waals surface area contributed by atoms with Gasteiger partial charge in [-0.3, -0.25) is 14.5 Å². The van der Waals surface area contributed by atoms with Gasteiger partial charge in [-0.2, -0.15) is 0 Å². The minimum atomic E-state index is -1.14. The van der Waals surface area contributed by atoms with Crippen LogP contribution in [-0.4, -0.2) is 38.7 Å². The lowest BCUT2D eigenvalue weighted by Gasteiger charge is -2.10. The third kappa shape index (κ3) is 4.78. The van der Waals surface area contributed by atoms with Gasteiger partial charge < -0.3 is 9.84 Å². The number of hydrogen-bond acceptors (Lipinski definition) is 6. The molecular weight excluding hydrogens is 513 g/mol. The molecule has 1 aliphatic rings. The number of thiocarbonyl (C=S) groups is 1. The highest BCUT2D eigenvalue weighted by Gasteiger charge is 2.33. The summed E-state index contributed by atoms with van der Waals surface area (Å²) in [5.74, 6) is -1.74. The Kier molecular flexibility index (Phi) is 6.47. The molecule has 0 saturated carbocycles. The summed E-state index contributed by atoms with van der Waals surface area (Å²) < 4.78 is 6.40. The van der Waals surface area contributed by atoms with Gasteiger partial charge in [-0.1, -0.05) is 48.2 Å². The molecule has 1 saturated heterocycles. The molecule has 1 N–H and O–H groups in total. The minimum Gasteiger partial charge on any atom is -0.480 e. The van der Waals surface area contributed by atoms with E-state index < -0.39 is 24.4 Å². The number of rotatable bonds is 5. The first-order valence-corrected chi connectivity index (χ1v) is 10.2. The number of halogens is 1. The molecule has 28 heavy (non-hydrogen) atoms. The first-order chi connectivity index (χ1) is 13.3. The molecule has 6 nitrogen and oxygen atoms in total. The molecule has 0 radical (unpaired) electrons. The van der Waals surface area contributed by atoms with Crippen molar-refractivity contribution in [3.63, 3.8) is 0 Å². The Balaban J connectivity index is 1.79. The van der Waals surface area contributed by atoms with Crippen molar-refractivity contribution in [2.24, 2.45) is 0 Å². The van der Waals surface area contributed by atoms with E-state index in [2.05, 4.69) is 22.6 Å². The summed E-state index contributed by atoms with van der Waals surface area (Å²) in [5, 5.41) is 8.89. The van der Waals surface area contributed by atoms with Gasteiger partial charge in [-0.15, -0.1) is 0 Å². The van der Waals surface area contributed by atoms with Gasteiger partial charge in [-0.05, 0) is 58.5 Å². The van der Waals surface area contributed by atoms with Gasteiger partial charge in [-0.25, -0.2) is 4.79 Å². The second-order valence-corrected chi connectivity index (χ2v) is 8.44. The van der Waals surface area contributed by atoms with Crippen molar-refractivity contribution < 1.29 is 24.2 Å². The quantitative estimate of drug-likeness (QED) is 0.209. The van der Waals surface area contributed by atoms with Gasteiger partial charge in [0.05, 0.1) is 10.5 Å². The molecule has 0 unspecified atom stereocenters. The number of aliphatic carboxylic acids is 1. The second kappa shape index (κ2) is 8.84. The summed E-state index contributed by atoms with van der Waals surface area (Å²) in [5.41, 5.74) is 1.09. The zero-order chi connectivity index (χ0) is 20.3. The van der Waals surface area contributed by atoms with Gasteiger partial charge >= 0.3 is 11.9 Å². The Morgan fingerprint density at radius 2 is 1.96 bits per heavy atom. The molecule has 0 aliphatic carbocycles. The fourth-order valence-corrected chi connectivity index (χ4v) is 4.24. The highest BCUT2D eigenvalue weighted by molar-refractivity contribution is 14.1. The molecule has 0 aromatic heterocycles. The summed E-state index contributed by atoms with van der Waals surface area (Å²) in [6.07, 6.45) is 1.59. The Morgan fingerprint density at radius 3 is 2.68 bits per heavy atom. The van der Waals surface area contributed by atoms with Crippen molar-refractivity contribution in [3.05, 3.63) is 68.1 Å². The number of amides is 1. The van der Waals surface area contributed by atoms with Crippen LogP contribution in [0.4, 0.5) is 0 Å². The number of carboxylic acids is 1. The summed E-state index contributed by atoms with van der Waals surface area (Å²) in [6, 6.07) is 13.8. The van der Waals surface area contributed by atoms with Gasteiger partial charge in [0.2, 0.25) is 0 Å². The number of carbonyl (C=O) groups excluding carboxylic acids is 2. The van der Waals surface area contributed by atoms with Crippen LogP contribution in [0.25, 0.3) is 6.08 Å². The Hall–Kier alpha value is -2.24. The van der Waals surface area contributed by atoms with Gasteiger partial charge in [0.15, 0.2) is 0 Å². The van der Waals surface area contributed by atoms with Crippen LogP contribution >= 0.6 is 46.6 Å². The number of esters is 1. The highest BCUT2D eigenvalue weighted by Crippen LogP contribution is 2.32. The van der Waals surface area contributed by atoms with Crippen molar-refractivity contribution >= 4 is 74.8 Å². The zero-order valence-corrected chi connectivity index (χ0v) is 17.9. The molecule has 9 heteroatoms. The van der Waals surface area contributed by atoms with Crippen LogP contribution in [0.15, 0.2) is 53.4 Å². The van der Waals surface area contributed by atoms with E-state index in [1.165, 1.54) is 0 Å². The summed E-state index contributed by atoms with van der Waals surface area (Å²) in [4.78, 5) is 36.9. The molecule has 1 fully saturated rings. The van der Waals surface area contributed by atoms with E-state index in [1.807, 2.05) is 12.1 Å². The van der Waals surface area contributed by atoms with Crippen molar-refractivity contribution in [1.29, 1.82) is 0 Å². The lowest BCUT2D eigenvalue weighted by molar-refractivity contribution is -0.140. The SMILES string of the molecule is O=C(O)CN1C(=O)C(=Cc2cccc(OC(=O)c3ccccc3I)c2)SC1=S. The van der Waals surface area contributed by atoms with Crippen molar-refractivity contribution in [1.82, 2.24) is 4.90 Å². The Labute approximate surface area is 183 Å². The monoisotopic (exact) mass is 525 g/mol. The van der Waals surface area contributed by atoms with Crippen molar-refractivity contribution in [2.45, 2.75) is 0 Å². The molecule has 1 amide bonds. The molecule has 0 bridgehead atoms. The third-order valence-electron chi connectivity index (χ3n) is 3.63. The first kappa shape index (κ1) is 20.5. The summed E-state index contributed by atoms with van der Waals surface area (Å²) in [7, 11) is 0. The van der Waals surface area contributed by atoms with Crippen LogP contribution in [-0.2, 0) is 9.59 Å². The standard InChI is InChI=1S/C19H12INO5S2/c20-14-7-2-1-6-13(14)18(25)26-12-5-3-4-11(8-12)9-15-17(24)21(10-16(22)23)19(27)28-15/h1-9H,10H2,(H,22,23). The molecule has 1 aliphatic heterocycles. The number of hydrogen-bond donors (Lipinski definition) is 1. The fraction of sp³-hybridized carbons (Fsp3) is 0.0526. The number of nitrogens with zero attached hydrogens (tertiary/aromatic N) is 1. The maximum atomic E-state index is 12.4. The largest absolute Gasteiger partial charge is 0.480 e. The molecule has 2 aromatic rings. The normalized spacial score (nSPS) is 15.2. The van der Waals surface area contributed by atoms with Crippen LogP contribution in [0, 0.1) is 3.57 Å². The molecule has 142 valence electrons. The van der Waals surface area contributed by atoms with Crippen LogP contribution < -0.4 is 4.74 Å². The lowest BCUT2D eigenvalue weighted by Crippen LogP contribution is -2.33. The van der Waals surface area contributed by atoms with Crippen molar-refractivity contribution in [2.75, 3.05) is 6.54 Å². The Bertz CT molecular complexity index is 1020. The predicted molar refractivity (Wildman–Crippen MR) is 118 cm³/mol. The highest BCUT2D eigenvalue weighted by atomic mass is 127. The van der Waals surface area contributed by atoms with Crippen LogP contribution in [0.3, 0.4) is 0 Å². The van der Waals surface area contributed by atoms with Gasteiger partial charge in [0.25, 0.3) is 5.91 Å². The van der Waals surface area contributed by atoms with Crippen LogP contribution in [0.5, 0.6) is 5.75 Å². The molecule has 3 rings (SSSR count). The fourth-order valence-electron chi connectivity index (χ4n) is 2.38. The maximum Gasteiger partial charge on any atom is 0.344 e. The number of benzene rings is 2. The summed E-state index contributed by atoms with van der Waals surface area (Å²) in [6.45, 7) is -0.477. The maximum absolute atomic E-state index is 12.4. The number of carboxylic acid groups (broad SMARTS) is 1. The van der Waals surface area contributed by atoms with Gasteiger partial charge in [0, 0.05) is 3.57 Å². The van der Waals surface area contributed by atoms with E-state index in [0.717, 1.165) is 20.2 Å². The van der Waals surface area contributed by atoms with E-state index >= 15 is 0 Å². The van der Waals surface area contributed by atoms with Crippen LogP contribution in [0.1, 0.15) is 15.9 Å². The molecule has 2 aromatic carbocycles. The molecule has 0 spiro atoms. The van der Waals surface area contributed by atoms with Gasteiger partial charge in [0.1, 0.15) is 16.6 Å². The van der Waals surface area contributed by atoms with Crippen molar-refractivity contribution in [3.8, 4) is 5.75 Å². The second-order valence-electron chi connectivity index (χ2n) is 5.60. The van der Waals surface area contributed by atoms with E-state index in [9.17, 15) is 14.4 Å². The third-order valence-corrected chi connectivity index (χ3v) is 5.95. The number of thioether (sulfide) groups is 1. The minimum absolute atomic E-state index is 0.194. The summed E-state index contributed by atoms with van der Waals surface area (Å²) >= 11 is 8.17. The van der Waals surface area contributed by atoms with E-state index in [4.69, 9.17) is 22.1 Å². The van der Waals surface area contributed by atoms with E-state index in [1.54, 1.807) is 42.5 Å². The Morgan fingerprint density at radius 1 is 1.21 bits per heavy atom. The number of carbonyl (C=O) groups is 3. The smallest absolute Gasteiger partial charge is 0.344 e.